The Morgan fingerprint density at radius 3 is 2.85 bits per heavy atom. The zero-order valence-electron chi connectivity index (χ0n) is 16.7. The predicted molar refractivity (Wildman–Crippen MR) is 107 cm³/mol. The summed E-state index contributed by atoms with van der Waals surface area (Å²) in [6, 6.07) is 5.08. The molecule has 0 saturated carbocycles. The van der Waals surface area contributed by atoms with Crippen LogP contribution in [0.2, 0.25) is 0 Å². The molecule has 13 heteroatoms. The van der Waals surface area contributed by atoms with Gasteiger partial charge in [0.1, 0.15) is 17.4 Å². The summed E-state index contributed by atoms with van der Waals surface area (Å²) in [6.45, 7) is 0.460. The fourth-order valence-corrected chi connectivity index (χ4v) is 4.01. The molecule has 6 rings (SSSR count). The maximum absolute atomic E-state index is 13.5. The van der Waals surface area contributed by atoms with E-state index in [0.717, 1.165) is 16.3 Å². The summed E-state index contributed by atoms with van der Waals surface area (Å²) in [6.07, 6.45) is 2.14. The molecule has 5 aromatic heterocycles. The van der Waals surface area contributed by atoms with Crippen LogP contribution in [0.3, 0.4) is 0 Å². The van der Waals surface area contributed by atoms with E-state index in [2.05, 4.69) is 35.2 Å². The lowest BCUT2D eigenvalue weighted by molar-refractivity contribution is -0.142. The van der Waals surface area contributed by atoms with Gasteiger partial charge >= 0.3 is 12.2 Å². The van der Waals surface area contributed by atoms with E-state index < -0.39 is 17.9 Å². The van der Waals surface area contributed by atoms with Gasteiger partial charge in [0.2, 0.25) is 0 Å². The van der Waals surface area contributed by atoms with Crippen molar-refractivity contribution in [2.24, 2.45) is 0 Å². The summed E-state index contributed by atoms with van der Waals surface area (Å²) in [5, 5.41) is 12.5. The lowest BCUT2D eigenvalue weighted by Gasteiger charge is -2.32. The number of halogens is 3. The standard InChI is InChI=1S/C20H14F3N9O/c21-20(22,23)15-3-1-2-11-8-13(30-32(11)15)17-16-12(26-10-27-16)4-7-31(17)19-29-28-18(33-19)14-9-24-5-6-25-14/h1-3,5-6,8-10,17H,4,7H2,(H,26,27). The molecule has 10 nitrogen and oxygen atoms in total. The second-order valence-electron chi connectivity index (χ2n) is 7.41. The van der Waals surface area contributed by atoms with E-state index in [1.807, 2.05) is 0 Å². The van der Waals surface area contributed by atoms with Crippen molar-refractivity contribution >= 4 is 11.5 Å². The lowest BCUT2D eigenvalue weighted by atomic mass is 10.0. The maximum atomic E-state index is 13.5. The van der Waals surface area contributed by atoms with E-state index in [0.29, 0.717) is 35.6 Å². The number of hydrogen-bond acceptors (Lipinski definition) is 8. The number of fused-ring (bicyclic) bond motifs is 2. The minimum atomic E-state index is -4.55. The number of H-pyrrole nitrogens is 1. The molecule has 5 aromatic rings. The Balaban J connectivity index is 1.47. The smallest absolute Gasteiger partial charge is 0.401 e. The lowest BCUT2D eigenvalue weighted by Crippen LogP contribution is -2.37. The predicted octanol–water partition coefficient (Wildman–Crippen LogP) is 3.07. The molecule has 0 saturated heterocycles. The van der Waals surface area contributed by atoms with Crippen LogP contribution in [-0.2, 0) is 12.6 Å². The molecule has 0 aromatic carbocycles. The Kier molecular flexibility index (Phi) is 4.18. The molecule has 0 bridgehead atoms. The van der Waals surface area contributed by atoms with Crippen LogP contribution in [0.1, 0.15) is 28.8 Å². The molecule has 6 heterocycles. The van der Waals surface area contributed by atoms with E-state index >= 15 is 0 Å². The summed E-state index contributed by atoms with van der Waals surface area (Å²) in [7, 11) is 0. The van der Waals surface area contributed by atoms with Crippen LogP contribution in [0.4, 0.5) is 19.2 Å². The van der Waals surface area contributed by atoms with Crippen molar-refractivity contribution < 1.29 is 17.6 Å². The highest BCUT2D eigenvalue weighted by Gasteiger charge is 2.38. The van der Waals surface area contributed by atoms with Gasteiger partial charge in [-0.2, -0.15) is 18.3 Å². The fourth-order valence-electron chi connectivity index (χ4n) is 4.01. The third-order valence-electron chi connectivity index (χ3n) is 5.44. The van der Waals surface area contributed by atoms with Gasteiger partial charge in [-0.15, -0.1) is 5.10 Å². The summed E-state index contributed by atoms with van der Waals surface area (Å²) >= 11 is 0. The molecule has 0 radical (unpaired) electrons. The molecule has 1 unspecified atom stereocenters. The second kappa shape index (κ2) is 7.12. The molecular formula is C20H14F3N9O. The summed E-state index contributed by atoms with van der Waals surface area (Å²) < 4.78 is 47.3. The third-order valence-corrected chi connectivity index (χ3v) is 5.44. The van der Waals surface area contributed by atoms with Crippen molar-refractivity contribution in [2.45, 2.75) is 18.6 Å². The quantitative estimate of drug-likeness (QED) is 0.443. The Morgan fingerprint density at radius 2 is 2.03 bits per heavy atom. The number of anilines is 1. The summed E-state index contributed by atoms with van der Waals surface area (Å²) in [4.78, 5) is 17.4. The molecule has 0 spiro atoms. The number of nitrogens with zero attached hydrogens (tertiary/aromatic N) is 8. The average molecular weight is 453 g/mol. The van der Waals surface area contributed by atoms with Crippen molar-refractivity contribution in [3.8, 4) is 11.6 Å². The van der Waals surface area contributed by atoms with E-state index in [-0.39, 0.29) is 11.9 Å². The van der Waals surface area contributed by atoms with Gasteiger partial charge in [-0.1, -0.05) is 11.2 Å². The normalized spacial score (nSPS) is 16.3. The molecule has 33 heavy (non-hydrogen) atoms. The number of pyridine rings is 1. The van der Waals surface area contributed by atoms with Gasteiger partial charge < -0.3 is 14.3 Å². The van der Waals surface area contributed by atoms with Crippen molar-refractivity contribution in [3.05, 3.63) is 72.0 Å². The molecule has 0 aliphatic carbocycles. The Morgan fingerprint density at radius 1 is 1.12 bits per heavy atom. The molecule has 1 atom stereocenters. The van der Waals surface area contributed by atoms with Crippen LogP contribution in [0.15, 0.2) is 53.6 Å². The highest BCUT2D eigenvalue weighted by Crippen LogP contribution is 2.38. The van der Waals surface area contributed by atoms with Gasteiger partial charge in [-0.25, -0.2) is 14.5 Å². The first-order chi connectivity index (χ1) is 16.0. The Labute approximate surface area is 183 Å². The maximum Gasteiger partial charge on any atom is 0.433 e. The van der Waals surface area contributed by atoms with Gasteiger partial charge in [-0.05, 0) is 18.2 Å². The van der Waals surface area contributed by atoms with Crippen molar-refractivity contribution in [1.29, 1.82) is 0 Å². The largest absolute Gasteiger partial charge is 0.433 e. The number of nitrogens with one attached hydrogen (secondary N) is 1. The Hall–Kier alpha value is -4.29. The average Bonchev–Trinajstić information content (AvgIpc) is 3.56. The van der Waals surface area contributed by atoms with Gasteiger partial charge in [0.15, 0.2) is 0 Å². The molecule has 1 aliphatic heterocycles. The van der Waals surface area contributed by atoms with Crippen LogP contribution < -0.4 is 4.90 Å². The van der Waals surface area contributed by atoms with Crippen LogP contribution in [0.5, 0.6) is 0 Å². The minimum Gasteiger partial charge on any atom is -0.401 e. The topological polar surface area (TPSA) is 114 Å². The number of alkyl halides is 3. The van der Waals surface area contributed by atoms with Crippen LogP contribution >= 0.6 is 0 Å². The zero-order valence-corrected chi connectivity index (χ0v) is 16.7. The molecule has 166 valence electrons. The van der Waals surface area contributed by atoms with Crippen molar-refractivity contribution in [1.82, 2.24) is 39.7 Å². The number of rotatable bonds is 3. The fraction of sp³-hybridized carbons (Fsp3) is 0.200. The van der Waals surface area contributed by atoms with Crippen LogP contribution in [0.25, 0.3) is 17.1 Å². The molecule has 1 N–H and O–H groups in total. The zero-order chi connectivity index (χ0) is 22.6. The minimum absolute atomic E-state index is 0.180. The number of aromatic nitrogens is 8. The van der Waals surface area contributed by atoms with Crippen LogP contribution in [-0.4, -0.2) is 46.3 Å². The highest BCUT2D eigenvalue weighted by molar-refractivity contribution is 5.54. The van der Waals surface area contributed by atoms with Gasteiger partial charge in [0, 0.05) is 31.1 Å². The second-order valence-corrected chi connectivity index (χ2v) is 7.41. The van der Waals surface area contributed by atoms with E-state index in [1.54, 1.807) is 23.4 Å². The number of hydrogen-bond donors (Lipinski definition) is 1. The highest BCUT2D eigenvalue weighted by atomic mass is 19.4. The van der Waals surface area contributed by atoms with E-state index in [1.165, 1.54) is 24.7 Å². The number of imidazole rings is 1. The van der Waals surface area contributed by atoms with Crippen molar-refractivity contribution in [3.63, 3.8) is 0 Å². The molecular weight excluding hydrogens is 439 g/mol. The van der Waals surface area contributed by atoms with E-state index in [9.17, 15) is 13.2 Å². The van der Waals surface area contributed by atoms with Gasteiger partial charge in [-0.3, -0.25) is 4.98 Å². The van der Waals surface area contributed by atoms with Crippen LogP contribution in [0, 0.1) is 0 Å². The first-order valence-corrected chi connectivity index (χ1v) is 9.93. The van der Waals surface area contributed by atoms with Crippen molar-refractivity contribution in [2.75, 3.05) is 11.4 Å². The number of aromatic amines is 1. The third kappa shape index (κ3) is 3.20. The van der Waals surface area contributed by atoms with Gasteiger partial charge in [0.25, 0.3) is 5.89 Å². The summed E-state index contributed by atoms with van der Waals surface area (Å²) in [5.41, 5.74) is 1.74. The first kappa shape index (κ1) is 19.4. The first-order valence-electron chi connectivity index (χ1n) is 9.93. The Bertz CT molecular complexity index is 1440. The SMILES string of the molecule is FC(F)(F)c1cccc2cc(C3c4nc[nH]c4CCN3c3nnc(-c4cnccn4)o3)nn12. The van der Waals surface area contributed by atoms with E-state index in [4.69, 9.17) is 4.42 Å². The molecule has 0 amide bonds. The summed E-state index contributed by atoms with van der Waals surface area (Å²) in [5.74, 6) is 0.180. The van der Waals surface area contributed by atoms with Gasteiger partial charge in [0.05, 0.1) is 29.4 Å². The molecule has 1 aliphatic rings. The molecule has 0 fully saturated rings. The monoisotopic (exact) mass is 453 g/mol.